The van der Waals surface area contributed by atoms with Gasteiger partial charge in [0.1, 0.15) is 5.75 Å². The highest BCUT2D eigenvalue weighted by molar-refractivity contribution is 5.81. The molecular weight excluding hydrogens is 362 g/mol. The topological polar surface area (TPSA) is 44.8 Å². The minimum Gasteiger partial charge on any atom is -0.496 e. The van der Waals surface area contributed by atoms with Gasteiger partial charge in [-0.3, -0.25) is 9.69 Å². The molecule has 2 aromatic rings. The lowest BCUT2D eigenvalue weighted by atomic mass is 10.1. The van der Waals surface area contributed by atoms with Crippen LogP contribution in [0.15, 0.2) is 42.5 Å². The number of hydrogen-bond donors (Lipinski definition) is 1. The Balaban J connectivity index is 1.48. The molecule has 1 atom stereocenters. The van der Waals surface area contributed by atoms with Crippen LogP contribution in [0.1, 0.15) is 23.6 Å². The van der Waals surface area contributed by atoms with E-state index in [1.807, 2.05) is 31.2 Å². The summed E-state index contributed by atoms with van der Waals surface area (Å²) in [6.45, 7) is 10.7. The van der Waals surface area contributed by atoms with Gasteiger partial charge in [0, 0.05) is 38.4 Å². The third kappa shape index (κ3) is 5.10. The first-order chi connectivity index (χ1) is 14.0. The Bertz CT molecular complexity index is 829. The highest BCUT2D eigenvalue weighted by atomic mass is 16.5. The SMILES string of the molecule is COc1ccccc1CCNC(=O)[C@H](C)N1CCN(c2cccc(C)c2C)CC1. The third-order valence-corrected chi connectivity index (χ3v) is 6.04. The summed E-state index contributed by atoms with van der Waals surface area (Å²) in [6, 6.07) is 14.3. The number of benzene rings is 2. The molecule has 29 heavy (non-hydrogen) atoms. The Hall–Kier alpha value is -2.53. The van der Waals surface area contributed by atoms with Gasteiger partial charge < -0.3 is 15.0 Å². The summed E-state index contributed by atoms with van der Waals surface area (Å²) in [5, 5.41) is 3.09. The van der Waals surface area contributed by atoms with Crippen molar-refractivity contribution in [1.82, 2.24) is 10.2 Å². The van der Waals surface area contributed by atoms with Gasteiger partial charge in [-0.05, 0) is 56.0 Å². The van der Waals surface area contributed by atoms with Gasteiger partial charge >= 0.3 is 0 Å². The number of rotatable bonds is 7. The van der Waals surface area contributed by atoms with Crippen LogP contribution >= 0.6 is 0 Å². The maximum absolute atomic E-state index is 12.6. The molecule has 1 fully saturated rings. The zero-order chi connectivity index (χ0) is 20.8. The molecule has 3 rings (SSSR count). The lowest BCUT2D eigenvalue weighted by molar-refractivity contribution is -0.125. The van der Waals surface area contributed by atoms with E-state index in [9.17, 15) is 4.79 Å². The summed E-state index contributed by atoms with van der Waals surface area (Å²) in [7, 11) is 1.68. The number of aryl methyl sites for hydroxylation is 1. The second kappa shape index (κ2) is 9.79. The predicted octanol–water partition coefficient (Wildman–Crippen LogP) is 3.18. The summed E-state index contributed by atoms with van der Waals surface area (Å²) in [6.07, 6.45) is 0.767. The molecule has 1 aliphatic heterocycles. The number of anilines is 1. The van der Waals surface area contributed by atoms with Crippen molar-refractivity contribution < 1.29 is 9.53 Å². The van der Waals surface area contributed by atoms with E-state index >= 15 is 0 Å². The van der Waals surface area contributed by atoms with Crippen LogP contribution in [-0.2, 0) is 11.2 Å². The van der Waals surface area contributed by atoms with Crippen molar-refractivity contribution in [1.29, 1.82) is 0 Å². The Kier molecular flexibility index (Phi) is 7.15. The Morgan fingerprint density at radius 2 is 1.79 bits per heavy atom. The van der Waals surface area contributed by atoms with Crippen molar-refractivity contribution in [2.24, 2.45) is 0 Å². The fourth-order valence-electron chi connectivity index (χ4n) is 3.97. The molecular formula is C24H33N3O2. The molecule has 0 spiro atoms. The Morgan fingerprint density at radius 1 is 1.07 bits per heavy atom. The van der Waals surface area contributed by atoms with Crippen molar-refractivity contribution in [3.05, 3.63) is 59.2 Å². The van der Waals surface area contributed by atoms with Crippen molar-refractivity contribution in [2.45, 2.75) is 33.2 Å². The molecule has 5 heteroatoms. The Morgan fingerprint density at radius 3 is 2.52 bits per heavy atom. The van der Waals surface area contributed by atoms with Gasteiger partial charge in [0.2, 0.25) is 5.91 Å². The van der Waals surface area contributed by atoms with Crippen molar-refractivity contribution in [2.75, 3.05) is 44.7 Å². The number of carbonyl (C=O) groups excluding carboxylic acids is 1. The number of nitrogens with one attached hydrogen (secondary N) is 1. The van der Waals surface area contributed by atoms with Crippen LogP contribution in [0.3, 0.4) is 0 Å². The van der Waals surface area contributed by atoms with E-state index in [2.05, 4.69) is 47.2 Å². The zero-order valence-corrected chi connectivity index (χ0v) is 18.1. The van der Waals surface area contributed by atoms with Crippen LogP contribution in [0.25, 0.3) is 0 Å². The van der Waals surface area contributed by atoms with Crippen LogP contribution in [0, 0.1) is 13.8 Å². The van der Waals surface area contributed by atoms with Crippen LogP contribution in [-0.4, -0.2) is 56.7 Å². The van der Waals surface area contributed by atoms with Gasteiger partial charge in [-0.15, -0.1) is 0 Å². The summed E-state index contributed by atoms with van der Waals surface area (Å²) < 4.78 is 5.38. The van der Waals surface area contributed by atoms with E-state index in [0.717, 1.165) is 43.9 Å². The van der Waals surface area contributed by atoms with Crippen molar-refractivity contribution in [3.8, 4) is 5.75 Å². The second-order valence-corrected chi connectivity index (χ2v) is 7.77. The number of hydrogen-bond acceptors (Lipinski definition) is 4. The highest BCUT2D eigenvalue weighted by Gasteiger charge is 2.26. The molecule has 1 aliphatic rings. The zero-order valence-electron chi connectivity index (χ0n) is 18.1. The van der Waals surface area contributed by atoms with E-state index in [4.69, 9.17) is 4.74 Å². The van der Waals surface area contributed by atoms with Gasteiger partial charge in [0.25, 0.3) is 0 Å². The molecule has 1 N–H and O–H groups in total. The van der Waals surface area contributed by atoms with Crippen LogP contribution in [0.2, 0.25) is 0 Å². The predicted molar refractivity (Wildman–Crippen MR) is 119 cm³/mol. The first-order valence-electron chi connectivity index (χ1n) is 10.5. The molecule has 0 bridgehead atoms. The molecule has 1 saturated heterocycles. The number of para-hydroxylation sites is 1. The van der Waals surface area contributed by atoms with E-state index < -0.39 is 0 Å². The van der Waals surface area contributed by atoms with Crippen LogP contribution in [0.4, 0.5) is 5.69 Å². The van der Waals surface area contributed by atoms with Gasteiger partial charge in [0.05, 0.1) is 13.2 Å². The largest absolute Gasteiger partial charge is 0.496 e. The summed E-state index contributed by atoms with van der Waals surface area (Å²) in [4.78, 5) is 17.4. The number of carbonyl (C=O) groups is 1. The monoisotopic (exact) mass is 395 g/mol. The van der Waals surface area contributed by atoms with E-state index in [1.165, 1.54) is 16.8 Å². The molecule has 0 unspecified atom stereocenters. The van der Waals surface area contributed by atoms with Gasteiger partial charge in [0.15, 0.2) is 0 Å². The summed E-state index contributed by atoms with van der Waals surface area (Å²) >= 11 is 0. The molecule has 0 aromatic heterocycles. The fourth-order valence-corrected chi connectivity index (χ4v) is 3.97. The molecule has 5 nitrogen and oxygen atoms in total. The fraction of sp³-hybridized carbons (Fsp3) is 0.458. The second-order valence-electron chi connectivity index (χ2n) is 7.77. The maximum atomic E-state index is 12.6. The number of piperazine rings is 1. The number of ether oxygens (including phenoxy) is 1. The summed E-state index contributed by atoms with van der Waals surface area (Å²) in [5.74, 6) is 0.970. The Labute approximate surface area is 174 Å². The van der Waals surface area contributed by atoms with E-state index in [1.54, 1.807) is 7.11 Å². The molecule has 0 aliphatic carbocycles. The first kappa shape index (κ1) is 21.2. The van der Waals surface area contributed by atoms with E-state index in [-0.39, 0.29) is 11.9 Å². The molecule has 2 aromatic carbocycles. The quantitative estimate of drug-likeness (QED) is 0.782. The highest BCUT2D eigenvalue weighted by Crippen LogP contribution is 2.24. The average molecular weight is 396 g/mol. The number of amides is 1. The molecule has 0 saturated carbocycles. The minimum atomic E-state index is -0.117. The maximum Gasteiger partial charge on any atom is 0.237 e. The molecule has 1 amide bonds. The average Bonchev–Trinajstić information content (AvgIpc) is 2.75. The van der Waals surface area contributed by atoms with Crippen molar-refractivity contribution in [3.63, 3.8) is 0 Å². The number of methoxy groups -OCH3 is 1. The molecule has 156 valence electrons. The molecule has 0 radical (unpaired) electrons. The minimum absolute atomic E-state index is 0.0973. The first-order valence-corrected chi connectivity index (χ1v) is 10.5. The van der Waals surface area contributed by atoms with Gasteiger partial charge in [-0.2, -0.15) is 0 Å². The van der Waals surface area contributed by atoms with Gasteiger partial charge in [-0.1, -0.05) is 30.3 Å². The lowest BCUT2D eigenvalue weighted by Crippen LogP contribution is -2.54. The van der Waals surface area contributed by atoms with Crippen LogP contribution in [0.5, 0.6) is 5.75 Å². The van der Waals surface area contributed by atoms with Crippen molar-refractivity contribution >= 4 is 11.6 Å². The lowest BCUT2D eigenvalue weighted by Gasteiger charge is -2.39. The van der Waals surface area contributed by atoms with Crippen LogP contribution < -0.4 is 15.0 Å². The van der Waals surface area contributed by atoms with Gasteiger partial charge in [-0.25, -0.2) is 0 Å². The normalized spacial score (nSPS) is 15.8. The smallest absolute Gasteiger partial charge is 0.237 e. The van der Waals surface area contributed by atoms with E-state index in [0.29, 0.717) is 6.54 Å². The summed E-state index contributed by atoms with van der Waals surface area (Å²) in [5.41, 5.74) is 5.11. The molecule has 1 heterocycles. The third-order valence-electron chi connectivity index (χ3n) is 6.04. The number of nitrogens with zero attached hydrogens (tertiary/aromatic N) is 2. The standard InChI is InChI=1S/C24H33N3O2/c1-18-8-7-10-22(19(18)2)27-16-14-26(15-17-27)20(3)24(28)25-13-12-21-9-5-6-11-23(21)29-4/h5-11,20H,12-17H2,1-4H3,(H,25,28)/t20-/m0/s1.